The maximum absolute atomic E-state index is 11.4. The molecule has 0 aliphatic heterocycles. The van der Waals surface area contributed by atoms with Crippen LogP contribution in [0.25, 0.3) is 0 Å². The van der Waals surface area contributed by atoms with Crippen LogP contribution in [0.4, 0.5) is 0 Å². The van der Waals surface area contributed by atoms with Crippen molar-refractivity contribution in [1.82, 2.24) is 4.72 Å². The van der Waals surface area contributed by atoms with Crippen LogP contribution >= 0.6 is 0 Å². The van der Waals surface area contributed by atoms with Crippen molar-refractivity contribution in [1.29, 1.82) is 0 Å². The number of hydrogen-bond acceptors (Lipinski definition) is 2. The van der Waals surface area contributed by atoms with Crippen molar-refractivity contribution in [2.75, 3.05) is 6.54 Å². The fourth-order valence-electron chi connectivity index (χ4n) is 0.991. The molecule has 1 aromatic carbocycles. The second-order valence-electron chi connectivity index (χ2n) is 2.81. The molecule has 0 aliphatic carbocycles. The summed E-state index contributed by atoms with van der Waals surface area (Å²) in [6.07, 6.45) is 0. The molecule has 1 N–H and O–H groups in total. The van der Waals surface area contributed by atoms with Gasteiger partial charge in [0.05, 0.1) is 4.90 Å². The van der Waals surface area contributed by atoms with E-state index < -0.39 is 10.0 Å². The van der Waals surface area contributed by atoms with E-state index >= 15 is 0 Å². The fourth-order valence-corrected chi connectivity index (χ4v) is 2.03. The zero-order valence-corrected chi connectivity index (χ0v) is 12.7. The van der Waals surface area contributed by atoms with Gasteiger partial charge in [0.1, 0.15) is 0 Å². The normalized spacial score (nSPS) is 10.7. The number of sulfonamides is 1. The van der Waals surface area contributed by atoms with Crippen molar-refractivity contribution in [3.8, 4) is 0 Å². The van der Waals surface area contributed by atoms with E-state index in [9.17, 15) is 8.42 Å². The minimum atomic E-state index is -3.28. The van der Waals surface area contributed by atoms with E-state index in [1.165, 1.54) is 0 Å². The Bertz CT molecular complexity index is 378. The zero-order valence-electron chi connectivity index (χ0n) is 9.74. The minimum absolute atomic E-state index is 0. The van der Waals surface area contributed by atoms with Crippen molar-refractivity contribution >= 4 is 10.0 Å². The van der Waals surface area contributed by atoms with Gasteiger partial charge in [0.25, 0.3) is 0 Å². The van der Waals surface area contributed by atoms with Crippen molar-refractivity contribution in [2.24, 2.45) is 0 Å². The van der Waals surface area contributed by atoms with E-state index in [2.05, 4.69) is 4.72 Å². The number of benzene rings is 1. The van der Waals surface area contributed by atoms with E-state index in [0.29, 0.717) is 11.4 Å². The van der Waals surface area contributed by atoms with Crippen molar-refractivity contribution in [3.63, 3.8) is 0 Å². The van der Waals surface area contributed by atoms with Crippen LogP contribution < -0.4 is 56.1 Å². The monoisotopic (exact) mass is 239 g/mol. The van der Waals surface area contributed by atoms with Crippen LogP contribution in [0, 0.1) is 6.92 Å². The fraction of sp³-hybridized carbons (Fsp3) is 0.333. The molecule has 0 unspecified atom stereocenters. The van der Waals surface area contributed by atoms with Crippen LogP contribution in [-0.2, 0) is 10.0 Å². The van der Waals surface area contributed by atoms with Crippen LogP contribution in [0.3, 0.4) is 0 Å². The van der Waals surface area contributed by atoms with E-state index in [4.69, 9.17) is 0 Å². The molecule has 0 heterocycles. The van der Waals surface area contributed by atoms with Gasteiger partial charge in [-0.3, -0.25) is 0 Å². The first kappa shape index (κ1) is 14.8. The van der Waals surface area contributed by atoms with Crippen molar-refractivity contribution in [2.45, 2.75) is 18.7 Å². The van der Waals surface area contributed by atoms with Gasteiger partial charge in [0.2, 0.25) is 10.0 Å². The predicted molar refractivity (Wildman–Crippen MR) is 53.2 cm³/mol. The summed E-state index contributed by atoms with van der Waals surface area (Å²) < 4.78 is 25.3. The molecule has 0 saturated heterocycles. The van der Waals surface area contributed by atoms with Gasteiger partial charge in [0, 0.05) is 6.54 Å². The Labute approximate surface area is 129 Å². The first-order valence-corrected chi connectivity index (χ1v) is 5.61. The quantitative estimate of drug-likeness (QED) is 0.647. The van der Waals surface area contributed by atoms with Crippen molar-refractivity contribution in [3.05, 3.63) is 29.8 Å². The molecule has 0 radical (unpaired) electrons. The second-order valence-corrected chi connectivity index (χ2v) is 4.58. The first-order valence-electron chi connectivity index (χ1n) is 4.12. The molecule has 0 spiro atoms. The van der Waals surface area contributed by atoms with Gasteiger partial charge < -0.3 is 1.43 Å². The molecule has 1 rings (SSSR count). The number of hydrogen-bond donors (Lipinski definition) is 1. The summed E-state index contributed by atoms with van der Waals surface area (Å²) in [4.78, 5) is 0.319. The van der Waals surface area contributed by atoms with Gasteiger partial charge in [0.15, 0.2) is 0 Å². The Morgan fingerprint density at radius 1 is 1.29 bits per heavy atom. The van der Waals surface area contributed by atoms with Gasteiger partial charge in [-0.05, 0) is 19.1 Å². The molecule has 0 fully saturated rings. The van der Waals surface area contributed by atoms with E-state index in [1.807, 2.05) is 6.92 Å². The molecule has 5 heteroatoms. The predicted octanol–water partition coefficient (Wildman–Crippen LogP) is -1.59. The zero-order chi connectivity index (χ0) is 9.90. The third kappa shape index (κ3) is 4.10. The molecule has 0 bridgehead atoms. The second kappa shape index (κ2) is 6.37. The number of nitrogens with one attached hydrogen (secondary N) is 1. The standard InChI is InChI=1S/C9H13NO2S.K.H/c1-3-10-13(11,12)9-6-4-8(2)5-7-9;;/h4-7,10H,3H2,1-2H3;;/q;+1;-1. The Morgan fingerprint density at radius 2 is 1.79 bits per heavy atom. The molecule has 0 atom stereocenters. The van der Waals surface area contributed by atoms with E-state index in [-0.39, 0.29) is 52.8 Å². The maximum Gasteiger partial charge on any atom is 1.00 e. The Balaban J connectivity index is 0. The van der Waals surface area contributed by atoms with Gasteiger partial charge in [-0.25, -0.2) is 13.1 Å². The molecule has 74 valence electrons. The Kier molecular flexibility index (Phi) is 6.72. The number of aryl methyl sites for hydroxylation is 1. The number of rotatable bonds is 3. The molecule has 3 nitrogen and oxygen atoms in total. The largest absolute Gasteiger partial charge is 1.00 e. The third-order valence-corrected chi connectivity index (χ3v) is 3.23. The van der Waals surface area contributed by atoms with E-state index in [0.717, 1.165) is 5.56 Å². The van der Waals surface area contributed by atoms with Gasteiger partial charge in [-0.2, -0.15) is 0 Å². The third-order valence-electron chi connectivity index (χ3n) is 1.67. The average molecular weight is 239 g/mol. The summed E-state index contributed by atoms with van der Waals surface area (Å²) in [6.45, 7) is 4.09. The first-order chi connectivity index (χ1) is 6.06. The molecule has 14 heavy (non-hydrogen) atoms. The smallest absolute Gasteiger partial charge is 1.00 e. The Hall–Kier alpha value is 0.766. The topological polar surface area (TPSA) is 46.2 Å². The summed E-state index contributed by atoms with van der Waals surface area (Å²) in [7, 11) is -3.28. The van der Waals surface area contributed by atoms with Crippen molar-refractivity contribution < 1.29 is 61.2 Å². The van der Waals surface area contributed by atoms with Crippen LogP contribution in [0.1, 0.15) is 13.9 Å². The average Bonchev–Trinajstić information content (AvgIpc) is 2.05. The molecule has 0 aromatic heterocycles. The maximum atomic E-state index is 11.4. The molecular weight excluding hydrogens is 225 g/mol. The van der Waals surface area contributed by atoms with Crippen LogP contribution in [-0.4, -0.2) is 15.0 Å². The summed E-state index contributed by atoms with van der Waals surface area (Å²) in [5.74, 6) is 0. The molecule has 0 saturated carbocycles. The van der Waals surface area contributed by atoms with E-state index in [1.54, 1.807) is 31.2 Å². The molecular formula is C9H14KNO2S. The molecule has 1 aromatic rings. The summed E-state index contributed by atoms with van der Waals surface area (Å²) >= 11 is 0. The van der Waals surface area contributed by atoms with Crippen LogP contribution in [0.15, 0.2) is 29.2 Å². The summed E-state index contributed by atoms with van der Waals surface area (Å²) in [6, 6.07) is 6.77. The van der Waals surface area contributed by atoms with Gasteiger partial charge in [-0.15, -0.1) is 0 Å². The Morgan fingerprint density at radius 3 is 2.21 bits per heavy atom. The summed E-state index contributed by atoms with van der Waals surface area (Å²) in [5, 5.41) is 0. The van der Waals surface area contributed by atoms with Crippen LogP contribution in [0.2, 0.25) is 0 Å². The minimum Gasteiger partial charge on any atom is -1.00 e. The van der Waals surface area contributed by atoms with Gasteiger partial charge >= 0.3 is 51.4 Å². The molecule has 0 aliphatic rings. The van der Waals surface area contributed by atoms with Gasteiger partial charge in [-0.1, -0.05) is 24.6 Å². The summed E-state index contributed by atoms with van der Waals surface area (Å²) in [5.41, 5.74) is 1.05. The van der Waals surface area contributed by atoms with Crippen LogP contribution in [0.5, 0.6) is 0 Å². The molecule has 0 amide bonds. The SMILES string of the molecule is CCNS(=O)(=O)c1ccc(C)cc1.[H-].[K+].